The zero-order valence-electron chi connectivity index (χ0n) is 16.2. The number of Topliss-reactive ketones (excluding diaryl/α,β-unsaturated/α-hetero) is 1. The third kappa shape index (κ3) is 4.03. The minimum Gasteiger partial charge on any atom is -0.504 e. The van der Waals surface area contributed by atoms with Crippen molar-refractivity contribution in [3.63, 3.8) is 0 Å². The average molecular weight is 434 g/mol. The minimum atomic E-state index is -1.59. The fourth-order valence-corrected chi connectivity index (χ4v) is 3.60. The molecule has 2 aromatic carbocycles. The predicted molar refractivity (Wildman–Crippen MR) is 103 cm³/mol. The summed E-state index contributed by atoms with van der Waals surface area (Å²) in [6, 6.07) is 8.52. The summed E-state index contributed by atoms with van der Waals surface area (Å²) in [5.41, 5.74) is 0.815. The van der Waals surface area contributed by atoms with Gasteiger partial charge in [-0.25, -0.2) is 0 Å². The molecule has 1 fully saturated rings. The van der Waals surface area contributed by atoms with Crippen LogP contribution in [0.4, 0.5) is 0 Å². The van der Waals surface area contributed by atoms with Crippen molar-refractivity contribution in [2.24, 2.45) is 0 Å². The molecule has 6 N–H and O–H groups in total. The summed E-state index contributed by atoms with van der Waals surface area (Å²) in [4.78, 5) is 12.5. The predicted octanol–water partition coefficient (Wildman–Crippen LogP) is -0.0170. The van der Waals surface area contributed by atoms with Crippen LogP contribution < -0.4 is 9.47 Å². The Morgan fingerprint density at radius 2 is 1.74 bits per heavy atom. The van der Waals surface area contributed by atoms with Gasteiger partial charge in [-0.15, -0.1) is 0 Å². The van der Waals surface area contributed by atoms with Crippen molar-refractivity contribution in [3.05, 3.63) is 47.5 Å². The zero-order valence-corrected chi connectivity index (χ0v) is 16.2. The molecule has 6 unspecified atom stereocenters. The number of rotatable bonds is 4. The number of aliphatic hydroxyl groups is 4. The molecule has 31 heavy (non-hydrogen) atoms. The van der Waals surface area contributed by atoms with E-state index in [1.165, 1.54) is 36.4 Å². The van der Waals surface area contributed by atoms with Crippen molar-refractivity contribution in [3.8, 4) is 23.0 Å². The van der Waals surface area contributed by atoms with Crippen LogP contribution in [-0.2, 0) is 4.74 Å². The number of carbonyl (C=O) groups excluding carboxylic acids is 1. The molecule has 0 amide bonds. The largest absolute Gasteiger partial charge is 0.504 e. The molecule has 0 radical (unpaired) electrons. The van der Waals surface area contributed by atoms with Gasteiger partial charge in [0.15, 0.2) is 17.3 Å². The van der Waals surface area contributed by atoms with Crippen LogP contribution in [0.3, 0.4) is 0 Å². The van der Waals surface area contributed by atoms with E-state index >= 15 is 0 Å². The van der Waals surface area contributed by atoms with Crippen LogP contribution in [0.1, 0.15) is 28.4 Å². The quantitative estimate of drug-likeness (QED) is 0.360. The van der Waals surface area contributed by atoms with E-state index in [0.717, 1.165) is 0 Å². The molecule has 4 rings (SSSR count). The van der Waals surface area contributed by atoms with E-state index in [4.69, 9.17) is 14.2 Å². The highest BCUT2D eigenvalue weighted by Gasteiger charge is 2.44. The summed E-state index contributed by atoms with van der Waals surface area (Å²) in [6.07, 6.45) is -7.84. The van der Waals surface area contributed by atoms with Gasteiger partial charge in [0.2, 0.25) is 6.29 Å². The Balaban J connectivity index is 1.55. The van der Waals surface area contributed by atoms with Crippen LogP contribution in [0, 0.1) is 0 Å². The molecule has 0 saturated carbocycles. The summed E-state index contributed by atoms with van der Waals surface area (Å²) >= 11 is 0. The van der Waals surface area contributed by atoms with Gasteiger partial charge < -0.3 is 44.8 Å². The van der Waals surface area contributed by atoms with Gasteiger partial charge in [-0.2, -0.15) is 0 Å². The number of phenols is 2. The Kier molecular flexibility index (Phi) is 5.73. The Morgan fingerprint density at radius 1 is 0.968 bits per heavy atom. The number of aliphatic hydroxyl groups excluding tert-OH is 4. The van der Waals surface area contributed by atoms with Gasteiger partial charge in [0.25, 0.3) is 0 Å². The van der Waals surface area contributed by atoms with E-state index < -0.39 is 43.4 Å². The number of carbonyl (C=O) groups is 1. The summed E-state index contributed by atoms with van der Waals surface area (Å²) in [7, 11) is 0. The van der Waals surface area contributed by atoms with Gasteiger partial charge in [-0.05, 0) is 29.8 Å². The first-order chi connectivity index (χ1) is 14.8. The second-order valence-electron chi connectivity index (χ2n) is 7.46. The highest BCUT2D eigenvalue weighted by molar-refractivity contribution is 6.00. The number of aromatic hydroxyl groups is 2. The maximum atomic E-state index is 12.5. The monoisotopic (exact) mass is 434 g/mol. The lowest BCUT2D eigenvalue weighted by atomic mass is 9.96. The van der Waals surface area contributed by atoms with Gasteiger partial charge >= 0.3 is 0 Å². The minimum absolute atomic E-state index is 0.0319. The standard InChI is InChI=1S/C21H22O10/c22-8-17-18(26)19(27)20(28)21(31-17)29-10-2-3-11-13(24)7-15(30-16(11)6-10)9-1-4-12(23)14(25)5-9/h1-6,15,17-23,25-28H,7-8H2. The molecule has 0 aromatic heterocycles. The molecule has 0 spiro atoms. The van der Waals surface area contributed by atoms with Crippen LogP contribution in [0.25, 0.3) is 0 Å². The molecule has 2 heterocycles. The van der Waals surface area contributed by atoms with E-state index in [1.54, 1.807) is 0 Å². The van der Waals surface area contributed by atoms with E-state index in [-0.39, 0.29) is 35.2 Å². The third-order valence-electron chi connectivity index (χ3n) is 5.37. The average Bonchev–Trinajstić information content (AvgIpc) is 2.75. The molecule has 10 heteroatoms. The van der Waals surface area contributed by atoms with Crippen molar-refractivity contribution < 1.29 is 49.6 Å². The van der Waals surface area contributed by atoms with Crippen LogP contribution in [-0.4, -0.2) is 73.7 Å². The summed E-state index contributed by atoms with van der Waals surface area (Å²) in [5, 5.41) is 58.4. The lowest BCUT2D eigenvalue weighted by molar-refractivity contribution is -0.277. The first-order valence-corrected chi connectivity index (χ1v) is 9.61. The Morgan fingerprint density at radius 3 is 2.45 bits per heavy atom. The van der Waals surface area contributed by atoms with Crippen LogP contribution >= 0.6 is 0 Å². The van der Waals surface area contributed by atoms with Crippen molar-refractivity contribution in [1.82, 2.24) is 0 Å². The lowest BCUT2D eigenvalue weighted by Gasteiger charge is -2.39. The third-order valence-corrected chi connectivity index (χ3v) is 5.37. The molecule has 2 aromatic rings. The van der Waals surface area contributed by atoms with Gasteiger partial charge in [-0.1, -0.05) is 6.07 Å². The summed E-state index contributed by atoms with van der Waals surface area (Å²) in [6.45, 7) is -0.590. The zero-order chi connectivity index (χ0) is 22.3. The maximum absolute atomic E-state index is 12.5. The number of benzene rings is 2. The van der Waals surface area contributed by atoms with E-state index in [2.05, 4.69) is 0 Å². The number of ether oxygens (including phenoxy) is 3. The molecule has 6 atom stereocenters. The Labute approximate surface area is 176 Å². The first-order valence-electron chi connectivity index (χ1n) is 9.61. The first kappa shape index (κ1) is 21.3. The molecular weight excluding hydrogens is 412 g/mol. The van der Waals surface area contributed by atoms with Crippen molar-refractivity contribution >= 4 is 5.78 Å². The van der Waals surface area contributed by atoms with Gasteiger partial charge in [-0.3, -0.25) is 4.79 Å². The lowest BCUT2D eigenvalue weighted by Crippen LogP contribution is -2.60. The van der Waals surface area contributed by atoms with Gasteiger partial charge in [0.05, 0.1) is 18.6 Å². The summed E-state index contributed by atoms with van der Waals surface area (Å²) in [5.74, 6) is -0.459. The van der Waals surface area contributed by atoms with Crippen molar-refractivity contribution in [1.29, 1.82) is 0 Å². The van der Waals surface area contributed by atoms with Gasteiger partial charge in [0.1, 0.15) is 42.0 Å². The Bertz CT molecular complexity index is 975. The molecular formula is C21H22O10. The number of hydrogen-bond acceptors (Lipinski definition) is 10. The van der Waals surface area contributed by atoms with Crippen molar-refractivity contribution in [2.45, 2.75) is 43.2 Å². The number of fused-ring (bicyclic) bond motifs is 1. The molecule has 2 aliphatic heterocycles. The summed E-state index contributed by atoms with van der Waals surface area (Å²) < 4.78 is 16.8. The van der Waals surface area contributed by atoms with E-state index in [0.29, 0.717) is 11.1 Å². The normalized spacial score (nSPS) is 30.4. The topological polar surface area (TPSA) is 166 Å². The van der Waals surface area contributed by atoms with Crippen LogP contribution in [0.15, 0.2) is 36.4 Å². The molecule has 0 bridgehead atoms. The molecule has 0 aliphatic carbocycles. The number of ketones is 1. The van der Waals surface area contributed by atoms with Crippen molar-refractivity contribution in [2.75, 3.05) is 6.61 Å². The highest BCUT2D eigenvalue weighted by atomic mass is 16.7. The SMILES string of the molecule is O=C1CC(c2ccc(O)c(O)c2)Oc2cc(OC3OC(CO)C(O)C(O)C3O)ccc21. The van der Waals surface area contributed by atoms with E-state index in [1.807, 2.05) is 0 Å². The Hall–Kier alpha value is -2.89. The molecule has 10 nitrogen and oxygen atoms in total. The second-order valence-corrected chi connectivity index (χ2v) is 7.46. The van der Waals surface area contributed by atoms with Gasteiger partial charge in [0, 0.05) is 6.07 Å². The van der Waals surface area contributed by atoms with Crippen LogP contribution in [0.5, 0.6) is 23.0 Å². The number of phenolic OH excluding ortho intramolecular Hbond substituents is 2. The molecule has 1 saturated heterocycles. The number of hydrogen-bond donors (Lipinski definition) is 6. The van der Waals surface area contributed by atoms with E-state index in [9.17, 15) is 35.4 Å². The molecule has 166 valence electrons. The van der Waals surface area contributed by atoms with Crippen LogP contribution in [0.2, 0.25) is 0 Å². The molecule has 2 aliphatic rings. The maximum Gasteiger partial charge on any atom is 0.229 e. The smallest absolute Gasteiger partial charge is 0.229 e. The second kappa shape index (κ2) is 8.33. The highest BCUT2D eigenvalue weighted by Crippen LogP contribution is 2.39. The fraction of sp³-hybridized carbons (Fsp3) is 0.381. The fourth-order valence-electron chi connectivity index (χ4n) is 3.60.